The molecule has 0 aliphatic carbocycles. The molecule has 4 unspecified atom stereocenters. The Morgan fingerprint density at radius 2 is 1.28 bits per heavy atom. The minimum absolute atomic E-state index is 0.402. The summed E-state index contributed by atoms with van der Waals surface area (Å²) in [7, 11) is 0. The van der Waals surface area contributed by atoms with Crippen molar-refractivity contribution >= 4 is 35.6 Å². The molecule has 0 rings (SSSR count). The van der Waals surface area contributed by atoms with Crippen molar-refractivity contribution in [2.24, 2.45) is 11.7 Å². The van der Waals surface area contributed by atoms with Gasteiger partial charge in [-0.2, -0.15) is 0 Å². The van der Waals surface area contributed by atoms with E-state index in [0.29, 0.717) is 6.42 Å². The van der Waals surface area contributed by atoms with Gasteiger partial charge in [-0.15, -0.1) is 0 Å². The van der Waals surface area contributed by atoms with Crippen molar-refractivity contribution in [3.05, 3.63) is 0 Å². The monoisotopic (exact) mass is 418 g/mol. The SMILES string of the molecule is CCC(C)C(NC(=O)C(CC(=O)O)NC(=O)C(CC(=O)O)NC(=O)CN)C(=O)O. The number of hydrogen-bond donors (Lipinski definition) is 7. The van der Waals surface area contributed by atoms with Crippen LogP contribution in [0.1, 0.15) is 33.1 Å². The van der Waals surface area contributed by atoms with Crippen molar-refractivity contribution < 1.29 is 44.1 Å². The Kier molecular flexibility index (Phi) is 10.9. The van der Waals surface area contributed by atoms with Crippen molar-refractivity contribution in [3.8, 4) is 0 Å². The van der Waals surface area contributed by atoms with Gasteiger partial charge in [0.25, 0.3) is 0 Å². The lowest BCUT2D eigenvalue weighted by Crippen LogP contribution is -2.57. The summed E-state index contributed by atoms with van der Waals surface area (Å²) in [5, 5.41) is 33.4. The Bertz CT molecular complexity index is 652. The van der Waals surface area contributed by atoms with E-state index in [1.807, 2.05) is 5.32 Å². The highest BCUT2D eigenvalue weighted by Crippen LogP contribution is 2.09. The van der Waals surface area contributed by atoms with Crippen molar-refractivity contribution in [2.75, 3.05) is 6.54 Å². The van der Waals surface area contributed by atoms with E-state index in [-0.39, 0.29) is 0 Å². The van der Waals surface area contributed by atoms with Gasteiger partial charge in [0.15, 0.2) is 0 Å². The second kappa shape index (κ2) is 12.3. The molecule has 0 aliphatic heterocycles. The molecule has 3 amide bonds. The number of carboxylic acids is 3. The lowest BCUT2D eigenvalue weighted by molar-refractivity contribution is -0.145. The van der Waals surface area contributed by atoms with Gasteiger partial charge < -0.3 is 37.0 Å². The van der Waals surface area contributed by atoms with Gasteiger partial charge in [0.1, 0.15) is 18.1 Å². The molecule has 164 valence electrons. The van der Waals surface area contributed by atoms with Crippen LogP contribution in [0.25, 0.3) is 0 Å². The fourth-order valence-electron chi connectivity index (χ4n) is 2.23. The fraction of sp³-hybridized carbons (Fsp3) is 0.625. The summed E-state index contributed by atoms with van der Waals surface area (Å²) in [6.07, 6.45) is -1.34. The fourth-order valence-corrected chi connectivity index (χ4v) is 2.23. The maximum absolute atomic E-state index is 12.4. The number of hydrogen-bond acceptors (Lipinski definition) is 7. The second-order valence-electron chi connectivity index (χ2n) is 6.29. The van der Waals surface area contributed by atoms with Gasteiger partial charge in [0.2, 0.25) is 17.7 Å². The Morgan fingerprint density at radius 3 is 1.66 bits per heavy atom. The molecule has 0 bridgehead atoms. The Balaban J connectivity index is 5.47. The molecule has 0 spiro atoms. The van der Waals surface area contributed by atoms with E-state index in [9.17, 15) is 33.9 Å². The molecule has 0 saturated heterocycles. The van der Waals surface area contributed by atoms with Gasteiger partial charge in [-0.25, -0.2) is 4.79 Å². The Hall–Kier alpha value is -3.22. The minimum Gasteiger partial charge on any atom is -0.481 e. The van der Waals surface area contributed by atoms with Gasteiger partial charge in [-0.05, 0) is 5.92 Å². The number of carboxylic acid groups (broad SMARTS) is 3. The first-order valence-electron chi connectivity index (χ1n) is 8.69. The number of nitrogens with one attached hydrogen (secondary N) is 3. The van der Waals surface area contributed by atoms with Gasteiger partial charge in [0, 0.05) is 0 Å². The molecule has 29 heavy (non-hydrogen) atoms. The normalized spacial score (nSPS) is 14.6. The minimum atomic E-state index is -1.70. The molecule has 0 radical (unpaired) electrons. The highest BCUT2D eigenvalue weighted by Gasteiger charge is 2.33. The largest absolute Gasteiger partial charge is 0.481 e. The van der Waals surface area contributed by atoms with Crippen LogP contribution >= 0.6 is 0 Å². The van der Waals surface area contributed by atoms with Crippen LogP contribution in [0.5, 0.6) is 0 Å². The predicted octanol–water partition coefficient (Wildman–Crippen LogP) is -2.52. The van der Waals surface area contributed by atoms with Crippen LogP contribution in [0.2, 0.25) is 0 Å². The van der Waals surface area contributed by atoms with Gasteiger partial charge in [-0.1, -0.05) is 20.3 Å². The Morgan fingerprint density at radius 1 is 0.828 bits per heavy atom. The first kappa shape index (κ1) is 25.8. The Labute approximate surface area is 166 Å². The van der Waals surface area contributed by atoms with E-state index in [2.05, 4.69) is 10.6 Å². The first-order valence-corrected chi connectivity index (χ1v) is 8.69. The predicted molar refractivity (Wildman–Crippen MR) is 96.4 cm³/mol. The summed E-state index contributed by atoms with van der Waals surface area (Å²) in [6.45, 7) is 2.73. The summed E-state index contributed by atoms with van der Waals surface area (Å²) in [4.78, 5) is 69.4. The zero-order valence-corrected chi connectivity index (χ0v) is 16.0. The summed E-state index contributed by atoms with van der Waals surface area (Å²) in [6, 6.07) is -4.64. The highest BCUT2D eigenvalue weighted by molar-refractivity contribution is 5.96. The van der Waals surface area contributed by atoms with E-state index >= 15 is 0 Å². The number of rotatable bonds is 13. The van der Waals surface area contributed by atoms with E-state index in [4.69, 9.17) is 15.9 Å². The molecule has 0 aromatic heterocycles. The highest BCUT2D eigenvalue weighted by atomic mass is 16.4. The van der Waals surface area contributed by atoms with Crippen molar-refractivity contribution in [2.45, 2.75) is 51.2 Å². The van der Waals surface area contributed by atoms with Crippen molar-refractivity contribution in [1.82, 2.24) is 16.0 Å². The number of carbonyl (C=O) groups is 6. The van der Waals surface area contributed by atoms with Gasteiger partial charge >= 0.3 is 17.9 Å². The van der Waals surface area contributed by atoms with Crippen LogP contribution in [0, 0.1) is 5.92 Å². The summed E-state index contributed by atoms with van der Waals surface area (Å²) in [5.41, 5.74) is 5.10. The number of carbonyl (C=O) groups excluding carboxylic acids is 3. The first-order chi connectivity index (χ1) is 13.4. The number of aliphatic carboxylic acids is 3. The molecule has 0 fully saturated rings. The molecule has 0 aromatic carbocycles. The number of nitrogens with two attached hydrogens (primary N) is 1. The third-order valence-corrected chi connectivity index (χ3v) is 4.00. The molecule has 0 heterocycles. The zero-order valence-electron chi connectivity index (χ0n) is 16.0. The quantitative estimate of drug-likeness (QED) is 0.166. The molecule has 13 nitrogen and oxygen atoms in total. The lowest BCUT2D eigenvalue weighted by Gasteiger charge is -2.25. The zero-order chi connectivity index (χ0) is 22.7. The van der Waals surface area contributed by atoms with E-state index < -0.39 is 79.1 Å². The van der Waals surface area contributed by atoms with Crippen molar-refractivity contribution in [1.29, 1.82) is 0 Å². The molecule has 8 N–H and O–H groups in total. The molecule has 0 aromatic rings. The standard InChI is InChI=1S/C16H26N4O9/c1-3-7(2)13(16(28)29)20-15(27)9(5-12(24)25)19-14(26)8(4-11(22)23)18-10(21)6-17/h7-9,13H,3-6,17H2,1-2H3,(H,18,21)(H,19,26)(H,20,27)(H,22,23)(H,24,25)(H,28,29). The van der Waals surface area contributed by atoms with Crippen LogP contribution in [-0.4, -0.2) is 75.6 Å². The number of amides is 3. The lowest BCUT2D eigenvalue weighted by atomic mass is 9.98. The average molecular weight is 418 g/mol. The van der Waals surface area contributed by atoms with E-state index in [1.54, 1.807) is 13.8 Å². The van der Waals surface area contributed by atoms with Crippen LogP contribution in [0.15, 0.2) is 0 Å². The van der Waals surface area contributed by atoms with Crippen LogP contribution in [0.3, 0.4) is 0 Å². The van der Waals surface area contributed by atoms with Crippen LogP contribution in [0.4, 0.5) is 0 Å². The smallest absolute Gasteiger partial charge is 0.326 e. The summed E-state index contributed by atoms with van der Waals surface area (Å²) in [5.74, 6) is -7.79. The van der Waals surface area contributed by atoms with E-state index in [1.165, 1.54) is 0 Å². The average Bonchev–Trinajstić information content (AvgIpc) is 2.62. The molecular weight excluding hydrogens is 392 g/mol. The third kappa shape index (κ3) is 9.51. The maximum Gasteiger partial charge on any atom is 0.326 e. The molecule has 0 aliphatic rings. The second-order valence-corrected chi connectivity index (χ2v) is 6.29. The van der Waals surface area contributed by atoms with Crippen LogP contribution < -0.4 is 21.7 Å². The molecule has 4 atom stereocenters. The topological polar surface area (TPSA) is 225 Å². The third-order valence-electron chi connectivity index (χ3n) is 4.00. The molecule has 13 heteroatoms. The van der Waals surface area contributed by atoms with E-state index in [0.717, 1.165) is 0 Å². The molecule has 0 saturated carbocycles. The maximum atomic E-state index is 12.4. The molecular formula is C16H26N4O9. The van der Waals surface area contributed by atoms with Crippen LogP contribution in [-0.2, 0) is 28.8 Å². The van der Waals surface area contributed by atoms with Gasteiger partial charge in [-0.3, -0.25) is 24.0 Å². The summed E-state index contributed by atoms with van der Waals surface area (Å²) >= 11 is 0. The summed E-state index contributed by atoms with van der Waals surface area (Å²) < 4.78 is 0. The van der Waals surface area contributed by atoms with Crippen molar-refractivity contribution in [3.63, 3.8) is 0 Å². The van der Waals surface area contributed by atoms with Gasteiger partial charge in [0.05, 0.1) is 19.4 Å².